The van der Waals surface area contributed by atoms with Gasteiger partial charge >= 0.3 is 0 Å². The maximum absolute atomic E-state index is 5.75. The largest absolute Gasteiger partial charge is 0.378 e. The molecule has 1 rings (SSSR count). The van der Waals surface area contributed by atoms with Crippen LogP contribution >= 0.6 is 23.2 Å². The second-order valence-corrected chi connectivity index (χ2v) is 3.50. The molecule has 0 aromatic carbocycles. The fourth-order valence-electron chi connectivity index (χ4n) is 0.744. The third-order valence-corrected chi connectivity index (χ3v) is 1.70. The molecule has 0 unspecified atom stereocenters. The van der Waals surface area contributed by atoms with Crippen LogP contribution in [0.15, 0.2) is 0 Å². The predicted octanol–water partition coefficient (Wildman–Crippen LogP) is 1.25. The fourth-order valence-corrected chi connectivity index (χ4v) is 1.10. The van der Waals surface area contributed by atoms with Crippen molar-refractivity contribution < 1.29 is 9.47 Å². The van der Waals surface area contributed by atoms with E-state index in [1.54, 1.807) is 0 Å². The molecule has 0 saturated carbocycles. The standard InChI is InChI=1S/C6H10Cl2O2/c7-5-1-9-3-6(8)4-10-2-5/h5-6H,1-4H2. The quantitative estimate of drug-likeness (QED) is 0.528. The van der Waals surface area contributed by atoms with E-state index in [9.17, 15) is 0 Å². The summed E-state index contributed by atoms with van der Waals surface area (Å²) in [6.45, 7) is 2.13. The van der Waals surface area contributed by atoms with Crippen molar-refractivity contribution in [1.29, 1.82) is 0 Å². The van der Waals surface area contributed by atoms with Crippen molar-refractivity contribution in [3.8, 4) is 0 Å². The van der Waals surface area contributed by atoms with Gasteiger partial charge in [-0.05, 0) is 0 Å². The Morgan fingerprint density at radius 2 is 1.10 bits per heavy atom. The van der Waals surface area contributed by atoms with Crippen LogP contribution in [0.3, 0.4) is 0 Å². The first-order valence-electron chi connectivity index (χ1n) is 3.22. The zero-order chi connectivity index (χ0) is 7.40. The SMILES string of the molecule is ClC1COCC(Cl)COC1. The molecule has 0 bridgehead atoms. The van der Waals surface area contributed by atoms with Gasteiger partial charge in [-0.3, -0.25) is 0 Å². The Morgan fingerprint density at radius 3 is 1.40 bits per heavy atom. The zero-order valence-corrected chi connectivity index (χ0v) is 7.07. The van der Waals surface area contributed by atoms with Gasteiger partial charge in [0, 0.05) is 0 Å². The Kier molecular flexibility index (Phi) is 3.78. The van der Waals surface area contributed by atoms with Crippen molar-refractivity contribution in [2.75, 3.05) is 26.4 Å². The highest BCUT2D eigenvalue weighted by Gasteiger charge is 2.13. The minimum atomic E-state index is -0.0239. The van der Waals surface area contributed by atoms with Crippen molar-refractivity contribution in [3.05, 3.63) is 0 Å². The molecule has 2 nitrogen and oxygen atoms in total. The van der Waals surface area contributed by atoms with Crippen LogP contribution in [0.25, 0.3) is 0 Å². The summed E-state index contributed by atoms with van der Waals surface area (Å²) in [5, 5.41) is -0.0478. The van der Waals surface area contributed by atoms with E-state index in [2.05, 4.69) is 0 Å². The molecule has 1 heterocycles. The number of hydrogen-bond acceptors (Lipinski definition) is 2. The second kappa shape index (κ2) is 4.39. The van der Waals surface area contributed by atoms with Crippen LogP contribution in [0.4, 0.5) is 0 Å². The van der Waals surface area contributed by atoms with E-state index in [4.69, 9.17) is 32.7 Å². The summed E-state index contributed by atoms with van der Waals surface area (Å²) in [6.07, 6.45) is 0. The minimum Gasteiger partial charge on any atom is -0.378 e. The van der Waals surface area contributed by atoms with Gasteiger partial charge in [0.1, 0.15) is 0 Å². The number of hydrogen-bond donors (Lipinski definition) is 0. The molecule has 0 amide bonds. The number of alkyl halides is 2. The van der Waals surface area contributed by atoms with Gasteiger partial charge in [-0.25, -0.2) is 0 Å². The molecule has 1 saturated heterocycles. The molecule has 0 atom stereocenters. The summed E-state index contributed by atoms with van der Waals surface area (Å²) < 4.78 is 10.3. The van der Waals surface area contributed by atoms with E-state index in [0.717, 1.165) is 0 Å². The average Bonchev–Trinajstić information content (AvgIpc) is 1.84. The number of rotatable bonds is 0. The Bertz CT molecular complexity index is 79.7. The van der Waals surface area contributed by atoms with Gasteiger partial charge in [0.2, 0.25) is 0 Å². The molecule has 0 aliphatic carbocycles. The molecule has 1 fully saturated rings. The van der Waals surface area contributed by atoms with Crippen molar-refractivity contribution in [2.45, 2.75) is 10.8 Å². The maximum Gasteiger partial charge on any atom is 0.0803 e. The van der Waals surface area contributed by atoms with E-state index in [1.165, 1.54) is 0 Å². The molecule has 1 aliphatic rings. The first-order chi connectivity index (χ1) is 4.79. The van der Waals surface area contributed by atoms with Crippen LogP contribution < -0.4 is 0 Å². The summed E-state index contributed by atoms with van der Waals surface area (Å²) >= 11 is 11.5. The van der Waals surface area contributed by atoms with Crippen LogP contribution in [-0.4, -0.2) is 37.2 Å². The van der Waals surface area contributed by atoms with Gasteiger partial charge in [-0.2, -0.15) is 0 Å². The Labute approximate surface area is 70.4 Å². The van der Waals surface area contributed by atoms with Gasteiger partial charge in [0.25, 0.3) is 0 Å². The van der Waals surface area contributed by atoms with Gasteiger partial charge in [0.15, 0.2) is 0 Å². The predicted molar refractivity (Wildman–Crippen MR) is 40.9 cm³/mol. The molecular formula is C6H10Cl2O2. The van der Waals surface area contributed by atoms with Gasteiger partial charge in [-0.15, -0.1) is 23.2 Å². The minimum absolute atomic E-state index is 0.0239. The first kappa shape index (κ1) is 8.60. The van der Waals surface area contributed by atoms with Crippen LogP contribution in [0, 0.1) is 0 Å². The Morgan fingerprint density at radius 1 is 0.800 bits per heavy atom. The van der Waals surface area contributed by atoms with Gasteiger partial charge in [0.05, 0.1) is 37.2 Å². The second-order valence-electron chi connectivity index (χ2n) is 2.27. The normalized spacial score (nSPS) is 36.6. The van der Waals surface area contributed by atoms with Gasteiger partial charge in [-0.1, -0.05) is 0 Å². The van der Waals surface area contributed by atoms with Crippen LogP contribution in [0.5, 0.6) is 0 Å². The molecule has 0 aromatic rings. The van der Waals surface area contributed by atoms with Crippen molar-refractivity contribution in [2.24, 2.45) is 0 Å². The lowest BCUT2D eigenvalue weighted by Crippen LogP contribution is -2.27. The highest BCUT2D eigenvalue weighted by Crippen LogP contribution is 2.06. The van der Waals surface area contributed by atoms with Crippen molar-refractivity contribution >= 4 is 23.2 Å². The zero-order valence-electron chi connectivity index (χ0n) is 5.56. The first-order valence-corrected chi connectivity index (χ1v) is 4.10. The molecule has 0 spiro atoms. The summed E-state index contributed by atoms with van der Waals surface area (Å²) in [4.78, 5) is 0. The van der Waals surface area contributed by atoms with E-state index >= 15 is 0 Å². The van der Waals surface area contributed by atoms with E-state index in [-0.39, 0.29) is 10.8 Å². The van der Waals surface area contributed by atoms with E-state index < -0.39 is 0 Å². The van der Waals surface area contributed by atoms with Crippen molar-refractivity contribution in [1.82, 2.24) is 0 Å². The Hall–Kier alpha value is 0.500. The molecule has 0 radical (unpaired) electrons. The lowest BCUT2D eigenvalue weighted by atomic mass is 10.4. The molecule has 1 aliphatic heterocycles. The summed E-state index contributed by atoms with van der Waals surface area (Å²) in [5.74, 6) is 0. The number of ether oxygens (including phenoxy) is 2. The fraction of sp³-hybridized carbons (Fsp3) is 1.00. The molecule has 10 heavy (non-hydrogen) atoms. The average molecular weight is 185 g/mol. The highest BCUT2D eigenvalue weighted by molar-refractivity contribution is 6.21. The summed E-state index contributed by atoms with van der Waals surface area (Å²) in [7, 11) is 0. The van der Waals surface area contributed by atoms with Crippen LogP contribution in [0.1, 0.15) is 0 Å². The topological polar surface area (TPSA) is 18.5 Å². The van der Waals surface area contributed by atoms with Crippen LogP contribution in [-0.2, 0) is 9.47 Å². The van der Waals surface area contributed by atoms with E-state index in [0.29, 0.717) is 26.4 Å². The lowest BCUT2D eigenvalue weighted by Gasteiger charge is -2.18. The van der Waals surface area contributed by atoms with Crippen molar-refractivity contribution in [3.63, 3.8) is 0 Å². The van der Waals surface area contributed by atoms with Crippen LogP contribution in [0.2, 0.25) is 0 Å². The summed E-state index contributed by atoms with van der Waals surface area (Å²) in [5.41, 5.74) is 0. The Balaban J connectivity index is 2.21. The molecule has 0 aromatic heterocycles. The molecule has 60 valence electrons. The molecule has 0 N–H and O–H groups in total. The highest BCUT2D eigenvalue weighted by atomic mass is 35.5. The van der Waals surface area contributed by atoms with E-state index in [1.807, 2.05) is 0 Å². The van der Waals surface area contributed by atoms with Gasteiger partial charge < -0.3 is 9.47 Å². The lowest BCUT2D eigenvalue weighted by molar-refractivity contribution is 0.0425. The monoisotopic (exact) mass is 184 g/mol. The maximum atomic E-state index is 5.75. The number of halogens is 2. The molecule has 4 heteroatoms. The summed E-state index contributed by atoms with van der Waals surface area (Å²) in [6, 6.07) is 0. The third kappa shape index (κ3) is 3.06. The molecular weight excluding hydrogens is 175 g/mol. The smallest absolute Gasteiger partial charge is 0.0803 e. The third-order valence-electron chi connectivity index (χ3n) is 1.19.